The third-order valence-corrected chi connectivity index (χ3v) is 4.34. The molecular formula is C19H17NO4. The highest BCUT2D eigenvalue weighted by Gasteiger charge is 2.31. The van der Waals surface area contributed by atoms with Crippen molar-refractivity contribution in [3.05, 3.63) is 59.7 Å². The first-order valence-corrected chi connectivity index (χ1v) is 7.75. The van der Waals surface area contributed by atoms with Gasteiger partial charge in [-0.1, -0.05) is 48.5 Å². The van der Waals surface area contributed by atoms with Gasteiger partial charge in [0.2, 0.25) is 0 Å². The first-order valence-electron chi connectivity index (χ1n) is 8.75. The minimum absolute atomic E-state index is 0.0968. The van der Waals surface area contributed by atoms with Crippen LogP contribution in [-0.2, 0) is 14.3 Å². The first-order chi connectivity index (χ1) is 12.5. The summed E-state index contributed by atoms with van der Waals surface area (Å²) in [5.74, 6) is -0.885. The van der Waals surface area contributed by atoms with Crippen molar-refractivity contribution in [3.63, 3.8) is 0 Å². The second-order valence-electron chi connectivity index (χ2n) is 5.71. The maximum absolute atomic E-state index is 12.1. The smallest absolute Gasteiger partial charge is 0.407 e. The van der Waals surface area contributed by atoms with E-state index >= 15 is 0 Å². The van der Waals surface area contributed by atoms with Crippen molar-refractivity contribution in [2.75, 3.05) is 13.2 Å². The fraction of sp³-hybridized carbons (Fsp3) is 0.263. The van der Waals surface area contributed by atoms with Gasteiger partial charge in [0.05, 0.1) is 6.61 Å². The van der Waals surface area contributed by atoms with Gasteiger partial charge in [0.1, 0.15) is 12.6 Å². The van der Waals surface area contributed by atoms with Crippen molar-refractivity contribution in [3.8, 4) is 11.1 Å². The van der Waals surface area contributed by atoms with Crippen LogP contribution in [0, 0.1) is 0 Å². The Balaban J connectivity index is 1.48. The van der Waals surface area contributed by atoms with Crippen molar-refractivity contribution in [1.29, 1.82) is 0 Å². The molecule has 2 aliphatic rings. The van der Waals surface area contributed by atoms with E-state index in [1.807, 2.05) is 48.5 Å². The molecule has 0 radical (unpaired) electrons. The van der Waals surface area contributed by atoms with Gasteiger partial charge in [-0.3, -0.25) is 0 Å². The van der Waals surface area contributed by atoms with E-state index < -0.39 is 24.5 Å². The molecule has 2 aromatic rings. The molecule has 5 nitrogen and oxygen atoms in total. The minimum Gasteiger partial charge on any atom is -0.464 e. The maximum Gasteiger partial charge on any atom is 0.407 e. The summed E-state index contributed by atoms with van der Waals surface area (Å²) in [5, 5.41) is 2.28. The van der Waals surface area contributed by atoms with Crippen LogP contribution in [0.5, 0.6) is 0 Å². The number of benzene rings is 2. The zero-order chi connectivity index (χ0) is 18.3. The Morgan fingerprint density at radius 1 is 1.17 bits per heavy atom. The molecule has 5 heteroatoms. The number of carbonyl (C=O) groups excluding carboxylic acids is 2. The molecule has 0 aromatic heterocycles. The number of rotatable bonds is 3. The third-order valence-electron chi connectivity index (χ3n) is 4.34. The zero-order valence-corrected chi connectivity index (χ0v) is 12.8. The molecule has 1 atom stereocenters. The summed E-state index contributed by atoms with van der Waals surface area (Å²) in [6.45, 7) is -0.273. The van der Waals surface area contributed by atoms with E-state index in [2.05, 4.69) is 10.1 Å². The quantitative estimate of drug-likeness (QED) is 0.881. The number of hydrogen-bond acceptors (Lipinski definition) is 4. The molecule has 0 saturated carbocycles. The second kappa shape index (κ2) is 6.00. The lowest BCUT2D eigenvalue weighted by Crippen LogP contribution is -2.38. The number of fused-ring (bicyclic) bond motifs is 3. The van der Waals surface area contributed by atoms with E-state index in [0.717, 1.165) is 22.3 Å². The fourth-order valence-corrected chi connectivity index (χ4v) is 3.23. The van der Waals surface area contributed by atoms with Crippen LogP contribution in [0.1, 0.15) is 26.2 Å². The molecular weight excluding hydrogens is 306 g/mol. The summed E-state index contributed by atoms with van der Waals surface area (Å²) >= 11 is 0. The van der Waals surface area contributed by atoms with Crippen molar-refractivity contribution >= 4 is 12.1 Å². The number of carbonyl (C=O) groups is 2. The molecule has 1 aliphatic carbocycles. The van der Waals surface area contributed by atoms with Crippen molar-refractivity contribution in [2.24, 2.45) is 0 Å². The van der Waals surface area contributed by atoms with Crippen LogP contribution in [0.25, 0.3) is 11.1 Å². The highest BCUT2D eigenvalue weighted by atomic mass is 16.6. The number of amides is 1. The molecule has 2 aromatic carbocycles. The summed E-state index contributed by atoms with van der Waals surface area (Å²) in [4.78, 5) is 23.7. The largest absolute Gasteiger partial charge is 0.464 e. The normalized spacial score (nSPS) is 22.0. The summed E-state index contributed by atoms with van der Waals surface area (Å²) in [6.07, 6.45) is -2.78. The predicted molar refractivity (Wildman–Crippen MR) is 87.6 cm³/mol. The zero-order valence-electron chi connectivity index (χ0n) is 14.8. The molecule has 0 unspecified atom stereocenters. The van der Waals surface area contributed by atoms with E-state index in [9.17, 15) is 9.59 Å². The van der Waals surface area contributed by atoms with Crippen LogP contribution < -0.4 is 5.32 Å². The van der Waals surface area contributed by atoms with Gasteiger partial charge in [0.25, 0.3) is 0 Å². The molecule has 1 saturated heterocycles. The molecule has 4 rings (SSSR count). The predicted octanol–water partition coefficient (Wildman–Crippen LogP) is 2.84. The van der Waals surface area contributed by atoms with Crippen molar-refractivity contribution in [2.45, 2.75) is 18.3 Å². The van der Waals surface area contributed by atoms with Crippen LogP contribution in [0.2, 0.25) is 0 Å². The molecule has 0 spiro atoms. The van der Waals surface area contributed by atoms with E-state index in [-0.39, 0.29) is 19.1 Å². The Morgan fingerprint density at radius 3 is 2.38 bits per heavy atom. The van der Waals surface area contributed by atoms with Crippen molar-refractivity contribution < 1.29 is 21.8 Å². The lowest BCUT2D eigenvalue weighted by Gasteiger charge is -2.15. The standard InChI is InChI=1S/C19H17NO4/c21-18-17(9-10-23-18)20-19(22)24-11-16-14-7-3-1-5-12(14)13-6-2-4-8-15(13)16/h1-8,16-17H,9-11H2,(H,20,22)/t17-/m0/s1/i9D2. The molecule has 122 valence electrons. The maximum atomic E-state index is 12.1. The summed E-state index contributed by atoms with van der Waals surface area (Å²) in [7, 11) is 0. The highest BCUT2D eigenvalue weighted by molar-refractivity contribution is 5.83. The topological polar surface area (TPSA) is 64.6 Å². The Bertz CT molecular complexity index is 838. The Morgan fingerprint density at radius 2 is 1.79 bits per heavy atom. The monoisotopic (exact) mass is 325 g/mol. The molecule has 1 heterocycles. The fourth-order valence-electron chi connectivity index (χ4n) is 3.23. The molecule has 1 aliphatic heterocycles. The number of hydrogen-bond donors (Lipinski definition) is 1. The van der Waals surface area contributed by atoms with E-state index in [1.165, 1.54) is 0 Å². The van der Waals surface area contributed by atoms with Crippen molar-refractivity contribution in [1.82, 2.24) is 5.32 Å². The van der Waals surface area contributed by atoms with Gasteiger partial charge in [-0.05, 0) is 22.3 Å². The average Bonchev–Trinajstić information content (AvgIpc) is 3.09. The Labute approximate surface area is 142 Å². The number of esters is 1. The summed E-state index contributed by atoms with van der Waals surface area (Å²) in [6, 6.07) is 14.6. The van der Waals surface area contributed by atoms with Gasteiger partial charge < -0.3 is 14.8 Å². The number of nitrogens with one attached hydrogen (secondary N) is 1. The van der Waals surface area contributed by atoms with Crippen LogP contribution in [0.3, 0.4) is 0 Å². The van der Waals surface area contributed by atoms with E-state index in [1.54, 1.807) is 0 Å². The molecule has 1 fully saturated rings. The lowest BCUT2D eigenvalue weighted by atomic mass is 9.98. The van der Waals surface area contributed by atoms with Gasteiger partial charge in [0, 0.05) is 15.0 Å². The third kappa shape index (κ3) is 2.52. The Kier molecular flexibility index (Phi) is 3.15. The molecule has 1 amide bonds. The molecule has 0 bridgehead atoms. The van der Waals surface area contributed by atoms with Gasteiger partial charge in [0.15, 0.2) is 0 Å². The van der Waals surface area contributed by atoms with E-state index in [0.29, 0.717) is 0 Å². The van der Waals surface area contributed by atoms with Gasteiger partial charge in [-0.15, -0.1) is 0 Å². The molecule has 24 heavy (non-hydrogen) atoms. The van der Waals surface area contributed by atoms with Gasteiger partial charge in [-0.25, -0.2) is 9.59 Å². The SMILES string of the molecule is [2H]C1([2H])COC(=O)[C@H]1NC(=O)OCC1c2ccccc2-c2ccccc21. The van der Waals surface area contributed by atoms with E-state index in [4.69, 9.17) is 7.48 Å². The first kappa shape index (κ1) is 12.6. The van der Waals surface area contributed by atoms with Crippen LogP contribution in [0.15, 0.2) is 48.5 Å². The van der Waals surface area contributed by atoms with Crippen LogP contribution >= 0.6 is 0 Å². The molecule has 1 N–H and O–H groups in total. The summed E-state index contributed by atoms with van der Waals surface area (Å²) < 4.78 is 25.4. The average molecular weight is 325 g/mol. The minimum atomic E-state index is -1.94. The second-order valence-corrected chi connectivity index (χ2v) is 5.71. The number of cyclic esters (lactones) is 1. The van der Waals surface area contributed by atoms with Gasteiger partial charge >= 0.3 is 12.1 Å². The van der Waals surface area contributed by atoms with Gasteiger partial charge in [-0.2, -0.15) is 0 Å². The highest BCUT2D eigenvalue weighted by Crippen LogP contribution is 2.44. The lowest BCUT2D eigenvalue weighted by molar-refractivity contribution is -0.139. The number of ether oxygens (including phenoxy) is 2. The Hall–Kier alpha value is -2.82. The van der Waals surface area contributed by atoms with Crippen LogP contribution in [0.4, 0.5) is 4.79 Å². The number of alkyl carbamates (subject to hydrolysis) is 1. The van der Waals surface area contributed by atoms with Crippen LogP contribution in [-0.4, -0.2) is 31.3 Å². The summed E-state index contributed by atoms with van der Waals surface area (Å²) in [5.41, 5.74) is 4.40.